The van der Waals surface area contributed by atoms with Crippen molar-refractivity contribution in [2.24, 2.45) is 0 Å². The fourth-order valence-corrected chi connectivity index (χ4v) is 2.26. The summed E-state index contributed by atoms with van der Waals surface area (Å²) in [5.41, 5.74) is 1.17. The molecule has 0 saturated heterocycles. The van der Waals surface area contributed by atoms with Crippen LogP contribution in [0.2, 0.25) is 5.02 Å². The van der Waals surface area contributed by atoms with Crippen LogP contribution in [-0.4, -0.2) is 0 Å². The minimum absolute atomic E-state index is 0.266. The molecule has 0 aliphatic heterocycles. The molecule has 0 amide bonds. The molecule has 0 aliphatic rings. The van der Waals surface area contributed by atoms with Gasteiger partial charge in [0.2, 0.25) is 0 Å². The Morgan fingerprint density at radius 2 is 1.63 bits per heavy atom. The number of rotatable bonds is 2. The first-order chi connectivity index (χ1) is 8.91. The van der Waals surface area contributed by atoms with Gasteiger partial charge in [0.1, 0.15) is 0 Å². The predicted molar refractivity (Wildman–Crippen MR) is 71.4 cm³/mol. The van der Waals surface area contributed by atoms with Crippen LogP contribution in [0.25, 0.3) is 11.1 Å². The van der Waals surface area contributed by atoms with Crippen molar-refractivity contribution in [1.29, 1.82) is 0 Å². The summed E-state index contributed by atoms with van der Waals surface area (Å²) in [5, 5.41) is 0.449. The molecule has 19 heavy (non-hydrogen) atoms. The third kappa shape index (κ3) is 3.23. The SMILES string of the molecule is FC(F)(F)c1cccc(-c2ccc(CCl)c(Cl)c2)c1. The van der Waals surface area contributed by atoms with Gasteiger partial charge >= 0.3 is 6.18 Å². The lowest BCUT2D eigenvalue weighted by Crippen LogP contribution is -2.04. The van der Waals surface area contributed by atoms with E-state index in [1.165, 1.54) is 6.07 Å². The molecule has 0 N–H and O–H groups in total. The van der Waals surface area contributed by atoms with Crippen molar-refractivity contribution in [3.05, 3.63) is 58.6 Å². The van der Waals surface area contributed by atoms with Crippen LogP contribution in [0.4, 0.5) is 13.2 Å². The van der Waals surface area contributed by atoms with Gasteiger partial charge in [-0.05, 0) is 34.9 Å². The smallest absolute Gasteiger partial charge is 0.166 e. The van der Waals surface area contributed by atoms with Crippen LogP contribution in [0.1, 0.15) is 11.1 Å². The van der Waals surface area contributed by atoms with Crippen molar-refractivity contribution in [3.8, 4) is 11.1 Å². The maximum atomic E-state index is 12.6. The third-order valence-electron chi connectivity index (χ3n) is 2.72. The molecule has 0 radical (unpaired) electrons. The number of benzene rings is 2. The van der Waals surface area contributed by atoms with Gasteiger partial charge in [0.25, 0.3) is 0 Å². The highest BCUT2D eigenvalue weighted by atomic mass is 35.5. The average Bonchev–Trinajstić information content (AvgIpc) is 2.38. The molecule has 0 aliphatic carbocycles. The van der Waals surface area contributed by atoms with Crippen molar-refractivity contribution in [2.45, 2.75) is 12.1 Å². The Balaban J connectivity index is 2.45. The van der Waals surface area contributed by atoms with E-state index < -0.39 is 11.7 Å². The summed E-state index contributed by atoms with van der Waals surface area (Å²) in [6.45, 7) is 0. The monoisotopic (exact) mass is 304 g/mol. The molecule has 0 unspecified atom stereocenters. The van der Waals surface area contributed by atoms with E-state index >= 15 is 0 Å². The molecule has 2 aromatic carbocycles. The zero-order chi connectivity index (χ0) is 14.0. The summed E-state index contributed by atoms with van der Waals surface area (Å²) < 4.78 is 37.9. The van der Waals surface area contributed by atoms with E-state index in [4.69, 9.17) is 23.2 Å². The Morgan fingerprint density at radius 3 is 2.21 bits per heavy atom. The second-order valence-electron chi connectivity index (χ2n) is 4.02. The second kappa shape index (κ2) is 5.43. The molecule has 2 aromatic rings. The van der Waals surface area contributed by atoms with Crippen molar-refractivity contribution in [1.82, 2.24) is 0 Å². The minimum atomic E-state index is -4.35. The van der Waals surface area contributed by atoms with Crippen molar-refractivity contribution >= 4 is 23.2 Å². The van der Waals surface area contributed by atoms with Gasteiger partial charge in [0.05, 0.1) is 5.56 Å². The standard InChI is InChI=1S/C14H9Cl2F3/c15-8-11-5-4-10(7-13(11)16)9-2-1-3-12(6-9)14(17,18)19/h1-7H,8H2. The van der Waals surface area contributed by atoms with E-state index in [1.807, 2.05) is 0 Å². The molecule has 100 valence electrons. The molecule has 0 atom stereocenters. The van der Waals surface area contributed by atoms with E-state index in [9.17, 15) is 13.2 Å². The van der Waals surface area contributed by atoms with Crippen molar-refractivity contribution in [2.75, 3.05) is 0 Å². The normalized spacial score (nSPS) is 11.6. The van der Waals surface area contributed by atoms with Crippen LogP contribution >= 0.6 is 23.2 Å². The summed E-state index contributed by atoms with van der Waals surface area (Å²) >= 11 is 11.7. The molecule has 0 aromatic heterocycles. The Labute approximate surface area is 118 Å². The Hall–Kier alpha value is -1.19. The van der Waals surface area contributed by atoms with Crippen molar-refractivity contribution in [3.63, 3.8) is 0 Å². The van der Waals surface area contributed by atoms with E-state index in [2.05, 4.69) is 0 Å². The summed E-state index contributed by atoms with van der Waals surface area (Å²) in [6, 6.07) is 10.2. The van der Waals surface area contributed by atoms with Crippen LogP contribution in [0.15, 0.2) is 42.5 Å². The molecular weight excluding hydrogens is 296 g/mol. The lowest BCUT2D eigenvalue weighted by atomic mass is 10.0. The van der Waals surface area contributed by atoms with Gasteiger partial charge in [-0.1, -0.05) is 35.9 Å². The number of halogens is 5. The summed E-state index contributed by atoms with van der Waals surface area (Å²) in [5.74, 6) is 0.266. The fourth-order valence-electron chi connectivity index (χ4n) is 1.71. The molecule has 2 rings (SSSR count). The fraction of sp³-hybridized carbons (Fsp3) is 0.143. The molecule has 5 heteroatoms. The minimum Gasteiger partial charge on any atom is -0.166 e. The zero-order valence-electron chi connectivity index (χ0n) is 9.64. The van der Waals surface area contributed by atoms with Crippen LogP contribution in [-0.2, 0) is 12.1 Å². The average molecular weight is 305 g/mol. The van der Waals surface area contributed by atoms with Gasteiger partial charge < -0.3 is 0 Å². The Bertz CT molecular complexity index is 591. The highest BCUT2D eigenvalue weighted by molar-refractivity contribution is 6.32. The molecule has 0 bridgehead atoms. The summed E-state index contributed by atoms with van der Waals surface area (Å²) in [6.07, 6.45) is -4.35. The maximum Gasteiger partial charge on any atom is 0.416 e. The number of hydrogen-bond acceptors (Lipinski definition) is 0. The number of hydrogen-bond donors (Lipinski definition) is 0. The van der Waals surface area contributed by atoms with Gasteiger partial charge in [-0.15, -0.1) is 11.6 Å². The van der Waals surface area contributed by atoms with Crippen LogP contribution in [0, 0.1) is 0 Å². The Morgan fingerprint density at radius 1 is 0.947 bits per heavy atom. The second-order valence-corrected chi connectivity index (χ2v) is 4.69. The topological polar surface area (TPSA) is 0 Å². The molecular formula is C14H9Cl2F3. The largest absolute Gasteiger partial charge is 0.416 e. The van der Waals surface area contributed by atoms with Gasteiger partial charge in [0.15, 0.2) is 0 Å². The highest BCUT2D eigenvalue weighted by Gasteiger charge is 2.30. The lowest BCUT2D eigenvalue weighted by Gasteiger charge is -2.10. The van der Waals surface area contributed by atoms with E-state index in [1.54, 1.807) is 24.3 Å². The van der Waals surface area contributed by atoms with E-state index in [0.29, 0.717) is 16.1 Å². The van der Waals surface area contributed by atoms with Crippen LogP contribution in [0.5, 0.6) is 0 Å². The van der Waals surface area contributed by atoms with E-state index in [0.717, 1.165) is 17.7 Å². The highest BCUT2D eigenvalue weighted by Crippen LogP contribution is 2.33. The predicted octanol–water partition coefficient (Wildman–Crippen LogP) is 5.76. The number of alkyl halides is 4. The molecule has 0 nitrogen and oxygen atoms in total. The first-order valence-corrected chi connectivity index (χ1v) is 6.35. The molecule has 0 fully saturated rings. The quantitative estimate of drug-likeness (QED) is 0.618. The summed E-state index contributed by atoms with van der Waals surface area (Å²) in [4.78, 5) is 0. The summed E-state index contributed by atoms with van der Waals surface area (Å²) in [7, 11) is 0. The molecule has 0 saturated carbocycles. The van der Waals surface area contributed by atoms with Gasteiger partial charge in [-0.3, -0.25) is 0 Å². The third-order valence-corrected chi connectivity index (χ3v) is 3.36. The maximum absolute atomic E-state index is 12.6. The van der Waals surface area contributed by atoms with Crippen molar-refractivity contribution < 1.29 is 13.2 Å². The van der Waals surface area contributed by atoms with Gasteiger partial charge in [0, 0.05) is 10.9 Å². The van der Waals surface area contributed by atoms with Crippen LogP contribution in [0.3, 0.4) is 0 Å². The first kappa shape index (κ1) is 14.2. The Kier molecular flexibility index (Phi) is 4.07. The molecule has 0 spiro atoms. The zero-order valence-corrected chi connectivity index (χ0v) is 11.2. The van der Waals surface area contributed by atoms with E-state index in [-0.39, 0.29) is 5.88 Å². The lowest BCUT2D eigenvalue weighted by molar-refractivity contribution is -0.137. The molecule has 0 heterocycles. The van der Waals surface area contributed by atoms with Gasteiger partial charge in [-0.25, -0.2) is 0 Å². The van der Waals surface area contributed by atoms with Gasteiger partial charge in [-0.2, -0.15) is 13.2 Å². The first-order valence-electron chi connectivity index (χ1n) is 5.44. The van der Waals surface area contributed by atoms with Crippen LogP contribution < -0.4 is 0 Å².